The maximum absolute atomic E-state index is 9.63. The smallest absolute Gasteiger partial charge is 0.0422 e. The zero-order chi connectivity index (χ0) is 5.70. The van der Waals surface area contributed by atoms with E-state index in [0.29, 0.717) is 5.75 Å². The fraction of sp³-hybridized carbons (Fsp3) is 0.750. The number of carbonyl (C=O) groups excluding carboxylic acids is 1. The Kier molecular flexibility index (Phi) is 3.89. The van der Waals surface area contributed by atoms with Gasteiger partial charge in [0, 0.05) is 5.97 Å². The molecular weight excluding hydrogens is 112 g/mol. The van der Waals surface area contributed by atoms with Crippen LogP contribution in [0.4, 0.5) is 0 Å². The van der Waals surface area contributed by atoms with Gasteiger partial charge in [-0.05, 0) is 18.4 Å². The summed E-state index contributed by atoms with van der Waals surface area (Å²) in [6.45, 7) is 0. The minimum absolute atomic E-state index is 0.168. The first-order chi connectivity index (χ1) is 3.27. The van der Waals surface area contributed by atoms with Gasteiger partial charge in [0.2, 0.25) is 0 Å². The number of rotatable bonds is 3. The second kappa shape index (κ2) is 3.99. The first kappa shape index (κ1) is 6.82. The van der Waals surface area contributed by atoms with E-state index in [1.807, 2.05) is 6.26 Å². The first-order valence-electron chi connectivity index (χ1n) is 1.96. The zero-order valence-electron chi connectivity index (χ0n) is 4.14. The third-order valence-electron chi connectivity index (χ3n) is 0.510. The standard InChI is InChI=1S/C4H8O2S/c1-7-3-2-4(5)6/h2-3H2,1H3,(H,5,6)/p-1. The summed E-state index contributed by atoms with van der Waals surface area (Å²) in [4.78, 5) is 9.63. The summed E-state index contributed by atoms with van der Waals surface area (Å²) in [6.07, 6.45) is 2.03. The van der Waals surface area contributed by atoms with E-state index < -0.39 is 5.97 Å². The summed E-state index contributed by atoms with van der Waals surface area (Å²) in [5.74, 6) is -0.308. The summed E-state index contributed by atoms with van der Waals surface area (Å²) < 4.78 is 0. The van der Waals surface area contributed by atoms with Crippen LogP contribution in [0.5, 0.6) is 0 Å². The average molecular weight is 119 g/mol. The average Bonchev–Trinajstić information content (AvgIpc) is 1.61. The van der Waals surface area contributed by atoms with Crippen molar-refractivity contribution in [3.63, 3.8) is 0 Å². The van der Waals surface area contributed by atoms with Gasteiger partial charge in [0.05, 0.1) is 0 Å². The lowest BCUT2D eigenvalue weighted by molar-refractivity contribution is -0.305. The lowest BCUT2D eigenvalue weighted by Gasteiger charge is -1.95. The Hall–Kier alpha value is -0.180. The van der Waals surface area contributed by atoms with Crippen LogP contribution in [0.1, 0.15) is 6.42 Å². The number of hydrogen-bond donors (Lipinski definition) is 0. The lowest BCUT2D eigenvalue weighted by Crippen LogP contribution is -2.22. The Morgan fingerprint density at radius 1 is 1.86 bits per heavy atom. The van der Waals surface area contributed by atoms with Crippen molar-refractivity contribution in [3.8, 4) is 0 Å². The molecule has 0 unspecified atom stereocenters. The summed E-state index contributed by atoms with van der Waals surface area (Å²) in [5.41, 5.74) is 0. The van der Waals surface area contributed by atoms with Crippen molar-refractivity contribution in [2.75, 3.05) is 12.0 Å². The van der Waals surface area contributed by atoms with E-state index in [1.165, 1.54) is 11.8 Å². The van der Waals surface area contributed by atoms with Crippen LogP contribution in [-0.4, -0.2) is 18.0 Å². The molecule has 0 amide bonds. The molecule has 0 heterocycles. The molecule has 0 radical (unpaired) electrons. The van der Waals surface area contributed by atoms with E-state index in [2.05, 4.69) is 0 Å². The number of aliphatic carboxylic acids is 1. The van der Waals surface area contributed by atoms with Crippen molar-refractivity contribution < 1.29 is 9.90 Å². The Bertz CT molecular complexity index is 62.7. The second-order valence-corrected chi connectivity index (χ2v) is 2.10. The lowest BCUT2D eigenvalue weighted by atomic mass is 10.5. The van der Waals surface area contributed by atoms with Gasteiger partial charge < -0.3 is 9.90 Å². The highest BCUT2D eigenvalue weighted by atomic mass is 32.2. The fourth-order valence-corrected chi connectivity index (χ4v) is 0.556. The Balaban J connectivity index is 2.82. The fourth-order valence-electron chi connectivity index (χ4n) is 0.185. The molecule has 0 rings (SSSR count). The van der Waals surface area contributed by atoms with E-state index >= 15 is 0 Å². The van der Waals surface area contributed by atoms with E-state index in [-0.39, 0.29) is 6.42 Å². The molecular formula is C4H7O2S-. The molecule has 2 nitrogen and oxygen atoms in total. The molecule has 0 bridgehead atoms. The molecule has 0 N–H and O–H groups in total. The van der Waals surface area contributed by atoms with Gasteiger partial charge in [-0.15, -0.1) is 0 Å². The molecule has 0 aromatic rings. The van der Waals surface area contributed by atoms with E-state index in [4.69, 9.17) is 0 Å². The Morgan fingerprint density at radius 2 is 2.43 bits per heavy atom. The van der Waals surface area contributed by atoms with Crippen LogP contribution in [0.25, 0.3) is 0 Å². The van der Waals surface area contributed by atoms with Crippen molar-refractivity contribution in [1.29, 1.82) is 0 Å². The topological polar surface area (TPSA) is 40.1 Å². The van der Waals surface area contributed by atoms with Crippen molar-refractivity contribution in [1.82, 2.24) is 0 Å². The van der Waals surface area contributed by atoms with Crippen LogP contribution in [0, 0.1) is 0 Å². The van der Waals surface area contributed by atoms with Crippen molar-refractivity contribution in [3.05, 3.63) is 0 Å². The molecule has 42 valence electrons. The monoisotopic (exact) mass is 119 g/mol. The Labute approximate surface area is 46.9 Å². The minimum Gasteiger partial charge on any atom is -0.550 e. The largest absolute Gasteiger partial charge is 0.550 e. The molecule has 3 heteroatoms. The molecule has 0 saturated heterocycles. The maximum atomic E-state index is 9.63. The zero-order valence-corrected chi connectivity index (χ0v) is 4.96. The number of carboxylic acids is 1. The number of thioether (sulfide) groups is 1. The van der Waals surface area contributed by atoms with Gasteiger partial charge in [0.15, 0.2) is 0 Å². The van der Waals surface area contributed by atoms with Crippen LogP contribution < -0.4 is 5.11 Å². The molecule has 0 spiro atoms. The third-order valence-corrected chi connectivity index (χ3v) is 1.12. The predicted molar refractivity (Wildman–Crippen MR) is 28.0 cm³/mol. The molecule has 0 aliphatic carbocycles. The van der Waals surface area contributed by atoms with Gasteiger partial charge in [-0.3, -0.25) is 0 Å². The molecule has 0 aromatic carbocycles. The van der Waals surface area contributed by atoms with Crippen molar-refractivity contribution in [2.24, 2.45) is 0 Å². The van der Waals surface area contributed by atoms with Gasteiger partial charge in [-0.25, -0.2) is 0 Å². The van der Waals surface area contributed by atoms with Crippen LogP contribution >= 0.6 is 11.8 Å². The number of hydrogen-bond acceptors (Lipinski definition) is 3. The van der Waals surface area contributed by atoms with Crippen molar-refractivity contribution in [2.45, 2.75) is 6.42 Å². The molecule has 0 aromatic heterocycles. The van der Waals surface area contributed by atoms with Gasteiger partial charge in [-0.2, -0.15) is 11.8 Å². The van der Waals surface area contributed by atoms with Gasteiger partial charge in [0.1, 0.15) is 0 Å². The number of carbonyl (C=O) groups is 1. The van der Waals surface area contributed by atoms with Crippen LogP contribution in [0.2, 0.25) is 0 Å². The highest BCUT2D eigenvalue weighted by Crippen LogP contribution is 1.92. The van der Waals surface area contributed by atoms with Crippen LogP contribution in [0.3, 0.4) is 0 Å². The normalized spacial score (nSPS) is 8.71. The summed E-state index contributed by atoms with van der Waals surface area (Å²) in [5, 5.41) is 9.63. The molecule has 0 atom stereocenters. The third kappa shape index (κ3) is 5.82. The van der Waals surface area contributed by atoms with Crippen LogP contribution in [0.15, 0.2) is 0 Å². The molecule has 0 aliphatic rings. The highest BCUT2D eigenvalue weighted by molar-refractivity contribution is 7.98. The molecule has 0 saturated carbocycles. The predicted octanol–water partition coefficient (Wildman–Crippen LogP) is -0.511. The van der Waals surface area contributed by atoms with E-state index in [1.54, 1.807) is 0 Å². The van der Waals surface area contributed by atoms with Gasteiger partial charge in [0.25, 0.3) is 0 Å². The van der Waals surface area contributed by atoms with E-state index in [9.17, 15) is 9.90 Å². The molecule has 0 fully saturated rings. The SMILES string of the molecule is CSCCC(=O)[O-]. The molecule has 0 aliphatic heterocycles. The van der Waals surface area contributed by atoms with Gasteiger partial charge in [-0.1, -0.05) is 0 Å². The van der Waals surface area contributed by atoms with Crippen LogP contribution in [-0.2, 0) is 4.79 Å². The maximum Gasteiger partial charge on any atom is 0.0422 e. The van der Waals surface area contributed by atoms with E-state index in [0.717, 1.165) is 0 Å². The second-order valence-electron chi connectivity index (χ2n) is 1.11. The summed E-state index contributed by atoms with van der Waals surface area (Å²) in [6, 6.07) is 0. The van der Waals surface area contributed by atoms with Crippen molar-refractivity contribution >= 4 is 17.7 Å². The van der Waals surface area contributed by atoms with Gasteiger partial charge >= 0.3 is 0 Å². The highest BCUT2D eigenvalue weighted by Gasteiger charge is 1.80. The summed E-state index contributed by atoms with van der Waals surface area (Å²) >= 11 is 1.51. The Morgan fingerprint density at radius 3 is 2.57 bits per heavy atom. The molecule has 7 heavy (non-hydrogen) atoms. The minimum atomic E-state index is -0.964. The number of carboxylic acid groups (broad SMARTS) is 1. The first-order valence-corrected chi connectivity index (χ1v) is 3.35. The quantitative estimate of drug-likeness (QED) is 0.502. The summed E-state index contributed by atoms with van der Waals surface area (Å²) in [7, 11) is 0.